The molecular weight excluding hydrogens is 431 g/mol. The Morgan fingerprint density at radius 1 is 1.15 bits per heavy atom. The number of fused-ring (bicyclic) bond motifs is 1. The highest BCUT2D eigenvalue weighted by atomic mass is 79.9. The number of amides is 1. The topological polar surface area (TPSA) is 85.1 Å². The molecule has 27 heavy (non-hydrogen) atoms. The van der Waals surface area contributed by atoms with Gasteiger partial charge in [-0.1, -0.05) is 24.3 Å². The SMILES string of the molecule is O=C(Nc1cc2ccccc2c(Br)n1)c1ccc(C(F)(F)F)cc1[N+](=O)[O-]. The number of hydrogen-bond donors (Lipinski definition) is 1. The third-order valence-electron chi connectivity index (χ3n) is 3.70. The standard InChI is InChI=1S/C17H9BrF3N3O3/c18-15-11-4-2-1-3-9(11)7-14(22-15)23-16(25)12-6-5-10(17(19,20)21)8-13(12)24(26)27/h1-8H,(H,22,23,25). The molecular formula is C17H9BrF3N3O3. The minimum atomic E-state index is -4.76. The number of nitro benzene ring substituents is 1. The van der Waals surface area contributed by atoms with Crippen LogP contribution in [0.3, 0.4) is 0 Å². The van der Waals surface area contributed by atoms with Crippen molar-refractivity contribution in [2.45, 2.75) is 6.18 Å². The monoisotopic (exact) mass is 439 g/mol. The van der Waals surface area contributed by atoms with Crippen molar-refractivity contribution in [1.82, 2.24) is 4.98 Å². The van der Waals surface area contributed by atoms with Crippen LogP contribution < -0.4 is 5.32 Å². The van der Waals surface area contributed by atoms with Gasteiger partial charge in [-0.05, 0) is 39.5 Å². The maximum absolute atomic E-state index is 12.8. The Morgan fingerprint density at radius 3 is 2.52 bits per heavy atom. The first-order chi connectivity index (χ1) is 12.7. The second kappa shape index (κ2) is 6.95. The number of carbonyl (C=O) groups excluding carboxylic acids is 1. The third-order valence-corrected chi connectivity index (χ3v) is 4.31. The van der Waals surface area contributed by atoms with Crippen molar-refractivity contribution in [3.8, 4) is 0 Å². The molecule has 2 aromatic carbocycles. The number of alkyl halides is 3. The molecule has 0 atom stereocenters. The fraction of sp³-hybridized carbons (Fsp3) is 0.0588. The Hall–Kier alpha value is -3.01. The molecule has 0 aliphatic rings. The Bertz CT molecular complexity index is 1070. The molecule has 6 nitrogen and oxygen atoms in total. The number of nitro groups is 1. The summed E-state index contributed by atoms with van der Waals surface area (Å²) in [7, 11) is 0. The zero-order valence-electron chi connectivity index (χ0n) is 13.2. The van der Waals surface area contributed by atoms with Crippen molar-refractivity contribution < 1.29 is 22.9 Å². The van der Waals surface area contributed by atoms with Gasteiger partial charge >= 0.3 is 6.18 Å². The number of nitrogens with zero attached hydrogens (tertiary/aromatic N) is 2. The zero-order valence-corrected chi connectivity index (χ0v) is 14.8. The largest absolute Gasteiger partial charge is 0.416 e. The van der Waals surface area contributed by atoms with Crippen molar-refractivity contribution in [2.75, 3.05) is 5.32 Å². The lowest BCUT2D eigenvalue weighted by atomic mass is 10.1. The van der Waals surface area contributed by atoms with E-state index in [4.69, 9.17) is 0 Å². The summed E-state index contributed by atoms with van der Waals surface area (Å²) in [5.74, 6) is -0.843. The number of pyridine rings is 1. The average Bonchev–Trinajstić information content (AvgIpc) is 2.60. The van der Waals surface area contributed by atoms with Crippen molar-refractivity contribution in [3.63, 3.8) is 0 Å². The summed E-state index contributed by atoms with van der Waals surface area (Å²) < 4.78 is 38.7. The smallest absolute Gasteiger partial charge is 0.306 e. The van der Waals surface area contributed by atoms with E-state index in [-0.39, 0.29) is 5.82 Å². The van der Waals surface area contributed by atoms with Gasteiger partial charge in [0, 0.05) is 11.5 Å². The van der Waals surface area contributed by atoms with E-state index in [0.29, 0.717) is 16.7 Å². The molecule has 1 heterocycles. The van der Waals surface area contributed by atoms with Crippen LogP contribution >= 0.6 is 15.9 Å². The number of aromatic nitrogens is 1. The first-order valence-corrected chi connectivity index (χ1v) is 8.18. The molecule has 0 fully saturated rings. The van der Waals surface area contributed by atoms with Crippen LogP contribution in [0.15, 0.2) is 53.1 Å². The number of halogens is 4. The van der Waals surface area contributed by atoms with E-state index >= 15 is 0 Å². The van der Waals surface area contributed by atoms with Crippen LogP contribution in [0.4, 0.5) is 24.7 Å². The van der Waals surface area contributed by atoms with E-state index in [1.807, 2.05) is 0 Å². The fourth-order valence-electron chi connectivity index (χ4n) is 2.46. The summed E-state index contributed by atoms with van der Waals surface area (Å²) in [4.78, 5) is 26.6. The van der Waals surface area contributed by atoms with Crippen molar-refractivity contribution in [2.24, 2.45) is 0 Å². The first-order valence-electron chi connectivity index (χ1n) is 7.39. The van der Waals surface area contributed by atoms with Crippen LogP contribution in [0.25, 0.3) is 10.8 Å². The summed E-state index contributed by atoms with van der Waals surface area (Å²) in [6.45, 7) is 0. The van der Waals surface area contributed by atoms with Gasteiger partial charge < -0.3 is 5.32 Å². The molecule has 0 aliphatic heterocycles. The van der Waals surface area contributed by atoms with E-state index in [0.717, 1.165) is 16.8 Å². The molecule has 0 spiro atoms. The highest BCUT2D eigenvalue weighted by molar-refractivity contribution is 9.10. The maximum Gasteiger partial charge on any atom is 0.416 e. The molecule has 0 radical (unpaired) electrons. The summed E-state index contributed by atoms with van der Waals surface area (Å²) in [5, 5.41) is 15.0. The number of hydrogen-bond acceptors (Lipinski definition) is 4. The quantitative estimate of drug-likeness (QED) is 0.346. The number of rotatable bonds is 3. The number of anilines is 1. The van der Waals surface area contributed by atoms with Crippen LogP contribution in [-0.4, -0.2) is 15.8 Å². The van der Waals surface area contributed by atoms with Gasteiger partial charge in [-0.25, -0.2) is 4.98 Å². The van der Waals surface area contributed by atoms with Crippen LogP contribution in [0.2, 0.25) is 0 Å². The van der Waals surface area contributed by atoms with Crippen molar-refractivity contribution in [3.05, 3.63) is 74.4 Å². The van der Waals surface area contributed by atoms with E-state index in [1.54, 1.807) is 30.3 Å². The predicted octanol–water partition coefficient (Wildman–Crippen LogP) is 5.18. The maximum atomic E-state index is 12.8. The molecule has 3 aromatic rings. The van der Waals surface area contributed by atoms with Crippen LogP contribution in [0, 0.1) is 10.1 Å². The Morgan fingerprint density at radius 2 is 1.85 bits per heavy atom. The van der Waals surface area contributed by atoms with Crippen molar-refractivity contribution >= 4 is 44.1 Å². The number of nitrogens with one attached hydrogen (secondary N) is 1. The molecule has 0 saturated carbocycles. The highest BCUT2D eigenvalue weighted by Crippen LogP contribution is 2.33. The molecule has 138 valence electrons. The van der Waals surface area contributed by atoms with Gasteiger partial charge in [0.2, 0.25) is 0 Å². The summed E-state index contributed by atoms with van der Waals surface area (Å²) >= 11 is 3.27. The molecule has 0 bridgehead atoms. The lowest BCUT2D eigenvalue weighted by molar-refractivity contribution is -0.385. The molecule has 10 heteroatoms. The Labute approximate surface area is 158 Å². The minimum Gasteiger partial charge on any atom is -0.306 e. The minimum absolute atomic E-state index is 0.0970. The number of carbonyl (C=O) groups is 1. The summed E-state index contributed by atoms with van der Waals surface area (Å²) in [6, 6.07) is 10.4. The van der Waals surface area contributed by atoms with Gasteiger partial charge in [0.1, 0.15) is 16.0 Å². The molecule has 1 amide bonds. The third kappa shape index (κ3) is 3.90. The van der Waals surface area contributed by atoms with E-state index in [1.165, 1.54) is 0 Å². The number of benzene rings is 2. The molecule has 0 unspecified atom stereocenters. The van der Waals surface area contributed by atoms with E-state index < -0.39 is 33.8 Å². The summed E-state index contributed by atoms with van der Waals surface area (Å²) in [5.41, 5.74) is -2.65. The van der Waals surface area contributed by atoms with Gasteiger partial charge in [0.15, 0.2) is 0 Å². The summed E-state index contributed by atoms with van der Waals surface area (Å²) in [6.07, 6.45) is -4.76. The molecule has 1 N–H and O–H groups in total. The highest BCUT2D eigenvalue weighted by Gasteiger charge is 2.34. The lowest BCUT2D eigenvalue weighted by Gasteiger charge is -2.10. The average molecular weight is 440 g/mol. The van der Waals surface area contributed by atoms with Crippen molar-refractivity contribution in [1.29, 1.82) is 0 Å². The fourth-order valence-corrected chi connectivity index (χ4v) is 3.01. The molecule has 1 aromatic heterocycles. The first kappa shape index (κ1) is 18.8. The zero-order chi connectivity index (χ0) is 19.8. The molecule has 3 rings (SSSR count). The van der Waals surface area contributed by atoms with Gasteiger partial charge in [-0.3, -0.25) is 14.9 Å². The van der Waals surface area contributed by atoms with Gasteiger partial charge in [-0.2, -0.15) is 13.2 Å². The van der Waals surface area contributed by atoms with Crippen LogP contribution in [0.1, 0.15) is 15.9 Å². The van der Waals surface area contributed by atoms with Gasteiger partial charge in [0.25, 0.3) is 11.6 Å². The Kier molecular flexibility index (Phi) is 4.83. The van der Waals surface area contributed by atoms with Crippen LogP contribution in [-0.2, 0) is 6.18 Å². The molecule has 0 saturated heterocycles. The van der Waals surface area contributed by atoms with E-state index in [2.05, 4.69) is 26.2 Å². The predicted molar refractivity (Wildman–Crippen MR) is 95.5 cm³/mol. The Balaban J connectivity index is 1.98. The second-order valence-corrected chi connectivity index (χ2v) is 6.21. The second-order valence-electron chi connectivity index (χ2n) is 5.46. The normalized spacial score (nSPS) is 11.4. The molecule has 0 aliphatic carbocycles. The van der Waals surface area contributed by atoms with Crippen LogP contribution in [0.5, 0.6) is 0 Å². The van der Waals surface area contributed by atoms with E-state index in [9.17, 15) is 28.1 Å². The van der Waals surface area contributed by atoms with Gasteiger partial charge in [0.05, 0.1) is 10.5 Å². The lowest BCUT2D eigenvalue weighted by Crippen LogP contribution is -2.16. The van der Waals surface area contributed by atoms with Gasteiger partial charge in [-0.15, -0.1) is 0 Å².